The number of nitrogens with zero attached hydrogens (tertiary/aromatic N) is 5. The fourth-order valence-electron chi connectivity index (χ4n) is 10.1. The molecular weight excluding hydrogens is 1240 g/mol. The Hall–Kier alpha value is -11.8. The minimum Gasteiger partial charge on any atom is -0.494 e. The van der Waals surface area contributed by atoms with Crippen molar-refractivity contribution in [1.82, 2.24) is 24.9 Å². The lowest BCUT2D eigenvalue weighted by atomic mass is 10.0. The molecule has 498 valence electrons. The van der Waals surface area contributed by atoms with Crippen LogP contribution in [0.25, 0.3) is 22.8 Å². The third-order valence-electron chi connectivity index (χ3n) is 15.1. The van der Waals surface area contributed by atoms with Crippen LogP contribution in [0.5, 0.6) is 23.0 Å². The second kappa shape index (κ2) is 43.4. The lowest BCUT2D eigenvalue weighted by Gasteiger charge is -2.08. The maximum atomic E-state index is 6.06. The summed E-state index contributed by atoms with van der Waals surface area (Å²) in [5.41, 5.74) is 12.1. The zero-order chi connectivity index (χ0) is 69.0. The van der Waals surface area contributed by atoms with Gasteiger partial charge in [-0.1, -0.05) is 114 Å². The van der Waals surface area contributed by atoms with Crippen molar-refractivity contribution in [1.29, 1.82) is 0 Å². The van der Waals surface area contributed by atoms with Crippen LogP contribution in [0.2, 0.25) is 0 Å². The first kappa shape index (κ1) is 72.5. The van der Waals surface area contributed by atoms with Gasteiger partial charge in [0, 0.05) is 48.2 Å². The topological polar surface area (TPSA) is 120 Å². The van der Waals surface area contributed by atoms with Gasteiger partial charge in [-0.3, -0.25) is 4.98 Å². The van der Waals surface area contributed by atoms with Gasteiger partial charge in [0.1, 0.15) is 72.2 Å². The lowest BCUT2D eigenvalue weighted by molar-refractivity contribution is 0.204. The number of aromatic nitrogens is 5. The van der Waals surface area contributed by atoms with Crippen LogP contribution in [-0.2, 0) is 35.2 Å². The van der Waals surface area contributed by atoms with Crippen LogP contribution in [0.3, 0.4) is 0 Å². The molecule has 0 amide bonds. The number of unbranched alkanes of at least 4 members (excludes halogenated alkanes) is 6. The summed E-state index contributed by atoms with van der Waals surface area (Å²) in [5.74, 6) is 46.1. The highest BCUT2D eigenvalue weighted by atomic mass is 16.5. The first-order valence-corrected chi connectivity index (χ1v) is 34.2. The first-order chi connectivity index (χ1) is 49.5. The van der Waals surface area contributed by atoms with Gasteiger partial charge in [-0.15, -0.1) is 24.7 Å². The number of hydrogen-bond donors (Lipinski definition) is 0. The molecule has 0 aliphatic carbocycles. The largest absolute Gasteiger partial charge is 0.494 e. The highest BCUT2D eigenvalue weighted by Gasteiger charge is 2.08. The summed E-state index contributed by atoms with van der Waals surface area (Å²) < 4.78 is 35.0. The number of aryl methyl sites for hydroxylation is 4. The first-order valence-electron chi connectivity index (χ1n) is 34.2. The fraction of sp³-hybridized carbons (Fsp3) is 0.270. The molecule has 0 radical (unpaired) electrons. The van der Waals surface area contributed by atoms with Crippen molar-refractivity contribution in [2.45, 2.75) is 103 Å². The van der Waals surface area contributed by atoms with Crippen LogP contribution in [0.4, 0.5) is 0 Å². The van der Waals surface area contributed by atoms with Gasteiger partial charge < -0.3 is 28.4 Å². The Morgan fingerprint density at radius 2 is 0.630 bits per heavy atom. The van der Waals surface area contributed by atoms with Gasteiger partial charge in [-0.25, -0.2) is 19.9 Å². The maximum Gasteiger partial charge on any atom is 0.120 e. The van der Waals surface area contributed by atoms with Gasteiger partial charge >= 0.3 is 0 Å². The summed E-state index contributed by atoms with van der Waals surface area (Å²) in [7, 11) is 0. The summed E-state index contributed by atoms with van der Waals surface area (Å²) in [6.45, 7) is 3.39. The Kier molecular flexibility index (Phi) is 31.5. The summed E-state index contributed by atoms with van der Waals surface area (Å²) in [6.07, 6.45) is 24.7. The molecule has 0 unspecified atom stereocenters. The molecule has 11 heteroatoms. The molecule has 0 aliphatic rings. The van der Waals surface area contributed by atoms with Crippen molar-refractivity contribution in [2.75, 3.05) is 52.9 Å². The average Bonchev–Trinajstić information content (AvgIpc) is 0.881. The van der Waals surface area contributed by atoms with Crippen LogP contribution in [0, 0.1) is 95.7 Å². The van der Waals surface area contributed by atoms with E-state index in [1.807, 2.05) is 121 Å². The quantitative estimate of drug-likeness (QED) is 0.0296. The molecule has 5 heterocycles. The van der Waals surface area contributed by atoms with Crippen LogP contribution < -0.4 is 18.9 Å². The fourth-order valence-corrected chi connectivity index (χ4v) is 10.1. The highest BCUT2D eigenvalue weighted by molar-refractivity contribution is 5.58. The van der Waals surface area contributed by atoms with E-state index >= 15 is 0 Å². The second-order valence-electron chi connectivity index (χ2n) is 23.0. The van der Waals surface area contributed by atoms with Gasteiger partial charge in [0.25, 0.3) is 0 Å². The van der Waals surface area contributed by atoms with E-state index < -0.39 is 0 Å². The number of ether oxygens (including phenoxy) is 6. The Morgan fingerprint density at radius 3 is 1.03 bits per heavy atom. The molecule has 0 N–H and O–H groups in total. The zero-order valence-corrected chi connectivity index (χ0v) is 56.7. The van der Waals surface area contributed by atoms with Crippen molar-refractivity contribution in [3.8, 4) is 142 Å². The van der Waals surface area contributed by atoms with E-state index in [0.717, 1.165) is 158 Å². The molecule has 0 aliphatic heterocycles. The van der Waals surface area contributed by atoms with Crippen molar-refractivity contribution in [2.24, 2.45) is 0 Å². The SMILES string of the molecule is C#CCCCCOc1cccc(C#CCOCC#Cc2cccc(-c3cccc(C#CCCCOc4ccc(CCCc5cccc(CCCc6ccc(OCCCC#Cc7cccc(-c8cccc(C#CCOCC#Cc9cccc(OCCCCC#C)c9)n8)n7)cc6)n5)cc4)n3)n2)c1. The van der Waals surface area contributed by atoms with Crippen molar-refractivity contribution < 1.29 is 28.4 Å². The molecule has 0 atom stereocenters. The zero-order valence-electron chi connectivity index (χ0n) is 56.7. The Labute approximate surface area is 591 Å². The van der Waals surface area contributed by atoms with E-state index in [1.54, 1.807) is 0 Å². The number of terminal acetylenes is 2. The second-order valence-corrected chi connectivity index (χ2v) is 23.0. The number of pyridine rings is 5. The van der Waals surface area contributed by atoms with Gasteiger partial charge in [-0.05, 0) is 233 Å². The van der Waals surface area contributed by atoms with E-state index in [4.69, 9.17) is 66.2 Å². The maximum absolute atomic E-state index is 6.06. The lowest BCUT2D eigenvalue weighted by Crippen LogP contribution is -1.99. The van der Waals surface area contributed by atoms with Gasteiger partial charge in [0.2, 0.25) is 0 Å². The molecule has 0 bridgehead atoms. The Balaban J connectivity index is 0.596. The Bertz CT molecular complexity index is 4270. The summed E-state index contributed by atoms with van der Waals surface area (Å²) in [4.78, 5) is 24.0. The molecule has 0 fully saturated rings. The highest BCUT2D eigenvalue weighted by Crippen LogP contribution is 2.21. The summed E-state index contributed by atoms with van der Waals surface area (Å²) in [6, 6.07) is 61.7. The van der Waals surface area contributed by atoms with Crippen LogP contribution in [0.1, 0.15) is 133 Å². The molecule has 0 spiro atoms. The van der Waals surface area contributed by atoms with Gasteiger partial charge in [0.05, 0.1) is 49.2 Å². The predicted octanol–water partition coefficient (Wildman–Crippen LogP) is 16.0. The molecule has 0 saturated carbocycles. The third-order valence-corrected chi connectivity index (χ3v) is 15.1. The van der Waals surface area contributed by atoms with Gasteiger partial charge in [-0.2, -0.15) is 0 Å². The van der Waals surface area contributed by atoms with E-state index in [0.29, 0.717) is 62.0 Å². The number of benzene rings is 4. The van der Waals surface area contributed by atoms with E-state index in [1.165, 1.54) is 11.1 Å². The predicted molar refractivity (Wildman–Crippen MR) is 398 cm³/mol. The summed E-state index contributed by atoms with van der Waals surface area (Å²) >= 11 is 0. The minimum atomic E-state index is 0.232. The molecule has 100 heavy (non-hydrogen) atoms. The molecule has 0 saturated heterocycles. The van der Waals surface area contributed by atoms with Crippen molar-refractivity contribution >= 4 is 0 Å². The minimum absolute atomic E-state index is 0.232. The molecule has 9 aromatic rings. The monoisotopic (exact) mass is 1320 g/mol. The van der Waals surface area contributed by atoms with Crippen LogP contribution in [-0.4, -0.2) is 77.8 Å². The molecular formula is C89H81N5O6. The molecule has 9 rings (SSSR count). The van der Waals surface area contributed by atoms with Crippen LogP contribution >= 0.6 is 0 Å². The average molecular weight is 1320 g/mol. The third kappa shape index (κ3) is 27.8. The molecule has 5 aromatic heterocycles. The summed E-state index contributed by atoms with van der Waals surface area (Å²) in [5, 5.41) is 0. The van der Waals surface area contributed by atoms with Crippen LogP contribution in [0.15, 0.2) is 188 Å². The number of rotatable bonds is 32. The number of hydrogen-bond acceptors (Lipinski definition) is 11. The van der Waals surface area contributed by atoms with E-state index in [-0.39, 0.29) is 26.4 Å². The standard InChI is InChI=1S/C89H81N5O6/c1-3-5-7-13-68-99-84-48-19-32-74(70-84)34-26-62-95-64-28-46-80-44-24-52-88(93-80)86-50-22-42-78(91-86)36-11-9-15-66-97-82-58-54-72(55-59-82)30-17-38-76-40-21-41-77(90-76)39-18-31-73-56-60-83(61-57-73)98-67-16-10-12-37-79-43-23-51-87(92-79)89-53-25-45-81(94-89)47-29-65-96-63-27-35-75-33-20-49-85(71-75)100-69-14-8-6-4-2/h1-2,19-25,32-33,40-45,48-61,70-71H,5-10,13-18,30-31,38-39,62-69H2. The van der Waals surface area contributed by atoms with Crippen molar-refractivity contribution in [3.63, 3.8) is 0 Å². The normalized spacial score (nSPS) is 10.1. The Morgan fingerprint density at radius 1 is 0.280 bits per heavy atom. The molecule has 11 nitrogen and oxygen atoms in total. The van der Waals surface area contributed by atoms with E-state index in [2.05, 4.69) is 150 Å². The van der Waals surface area contributed by atoms with Gasteiger partial charge in [0.15, 0.2) is 0 Å². The van der Waals surface area contributed by atoms with Crippen molar-refractivity contribution in [3.05, 3.63) is 244 Å². The smallest absolute Gasteiger partial charge is 0.120 e. The van der Waals surface area contributed by atoms with E-state index in [9.17, 15) is 0 Å². The molecule has 4 aromatic carbocycles.